The van der Waals surface area contributed by atoms with E-state index in [0.29, 0.717) is 22.8 Å². The van der Waals surface area contributed by atoms with Crippen LogP contribution in [0.15, 0.2) is 71.6 Å². The second-order valence-electron chi connectivity index (χ2n) is 6.87. The van der Waals surface area contributed by atoms with Gasteiger partial charge in [0.25, 0.3) is 11.8 Å². The third-order valence-corrected chi connectivity index (χ3v) is 6.01. The van der Waals surface area contributed by atoms with Crippen molar-refractivity contribution in [3.05, 3.63) is 82.8 Å². The van der Waals surface area contributed by atoms with Crippen LogP contribution in [0.5, 0.6) is 5.75 Å². The number of hydrogen-bond acceptors (Lipinski definition) is 5. The first-order valence-corrected chi connectivity index (χ1v) is 11.1. The predicted molar refractivity (Wildman–Crippen MR) is 129 cm³/mol. The van der Waals surface area contributed by atoms with Crippen molar-refractivity contribution in [2.45, 2.75) is 13.3 Å². The second-order valence-corrected chi connectivity index (χ2v) is 8.55. The largest absolute Gasteiger partial charge is 0.493 e. The van der Waals surface area contributed by atoms with Crippen molar-refractivity contribution in [2.24, 2.45) is 0 Å². The van der Waals surface area contributed by atoms with E-state index in [1.54, 1.807) is 30.3 Å². The molecule has 0 atom stereocenters. The molecule has 0 aromatic heterocycles. The van der Waals surface area contributed by atoms with Crippen molar-refractivity contribution in [1.29, 1.82) is 0 Å². The van der Waals surface area contributed by atoms with E-state index in [-0.39, 0.29) is 10.2 Å². The summed E-state index contributed by atoms with van der Waals surface area (Å²) in [4.78, 5) is 26.0. The van der Waals surface area contributed by atoms with Crippen LogP contribution in [0.25, 0.3) is 16.8 Å². The summed E-state index contributed by atoms with van der Waals surface area (Å²) in [5.74, 6) is -0.0527. The van der Waals surface area contributed by atoms with Gasteiger partial charge in [0.05, 0.1) is 11.5 Å². The smallest absolute Gasteiger partial charge is 0.285 e. The first-order valence-electron chi connectivity index (χ1n) is 9.87. The van der Waals surface area contributed by atoms with Crippen molar-refractivity contribution >= 4 is 57.0 Å². The van der Waals surface area contributed by atoms with E-state index in [4.69, 9.17) is 17.0 Å². The fourth-order valence-electron chi connectivity index (χ4n) is 3.21. The van der Waals surface area contributed by atoms with Crippen molar-refractivity contribution in [2.75, 3.05) is 6.61 Å². The monoisotopic (exact) mass is 448 g/mol. The quantitative estimate of drug-likeness (QED) is 0.416. The number of hydrazine groups is 1. The standard InChI is InChI=1S/C24H20N2O3S2/c1-2-14-29-20-13-12-16-8-6-7-11-18(16)19(20)15-21-23(28)26(24(30)31-21)25-22(27)17-9-4-3-5-10-17/h3-13,15H,2,14H2,1H3,(H,25,27). The van der Waals surface area contributed by atoms with Crippen LogP contribution in [-0.4, -0.2) is 27.8 Å². The zero-order valence-electron chi connectivity index (χ0n) is 16.8. The van der Waals surface area contributed by atoms with Gasteiger partial charge in [0, 0.05) is 11.1 Å². The lowest BCUT2D eigenvalue weighted by Crippen LogP contribution is -2.44. The number of benzene rings is 3. The normalized spacial score (nSPS) is 15.0. The Balaban J connectivity index is 1.66. The summed E-state index contributed by atoms with van der Waals surface area (Å²) in [7, 11) is 0. The molecule has 31 heavy (non-hydrogen) atoms. The van der Waals surface area contributed by atoms with Crippen molar-refractivity contribution in [1.82, 2.24) is 10.4 Å². The van der Waals surface area contributed by atoms with E-state index in [1.807, 2.05) is 49.4 Å². The van der Waals surface area contributed by atoms with E-state index in [1.165, 1.54) is 0 Å². The van der Waals surface area contributed by atoms with Gasteiger partial charge >= 0.3 is 0 Å². The van der Waals surface area contributed by atoms with Gasteiger partial charge in [-0.05, 0) is 53.7 Å². The molecule has 0 bridgehead atoms. The van der Waals surface area contributed by atoms with Gasteiger partial charge in [-0.15, -0.1) is 0 Å². The average molecular weight is 449 g/mol. The molecule has 1 aliphatic heterocycles. The molecule has 0 radical (unpaired) electrons. The molecule has 0 saturated carbocycles. The van der Waals surface area contributed by atoms with Gasteiger partial charge < -0.3 is 4.74 Å². The third kappa shape index (κ3) is 4.47. The average Bonchev–Trinajstić information content (AvgIpc) is 3.06. The molecule has 3 aromatic carbocycles. The van der Waals surface area contributed by atoms with E-state index >= 15 is 0 Å². The Morgan fingerprint density at radius 3 is 2.61 bits per heavy atom. The van der Waals surface area contributed by atoms with Crippen LogP contribution in [0.2, 0.25) is 0 Å². The highest BCUT2D eigenvalue weighted by atomic mass is 32.2. The molecule has 1 N–H and O–H groups in total. The molecule has 5 nitrogen and oxygen atoms in total. The zero-order valence-corrected chi connectivity index (χ0v) is 18.5. The minimum absolute atomic E-state index is 0.275. The number of carbonyl (C=O) groups is 2. The Bertz CT molecular complexity index is 1190. The summed E-state index contributed by atoms with van der Waals surface area (Å²) in [6.07, 6.45) is 2.67. The molecule has 7 heteroatoms. The van der Waals surface area contributed by atoms with Crippen LogP contribution >= 0.6 is 24.0 Å². The highest BCUT2D eigenvalue weighted by Crippen LogP contribution is 2.36. The van der Waals surface area contributed by atoms with Gasteiger partial charge in [0.15, 0.2) is 4.32 Å². The van der Waals surface area contributed by atoms with Crippen LogP contribution in [-0.2, 0) is 4.79 Å². The van der Waals surface area contributed by atoms with Crippen molar-refractivity contribution in [3.8, 4) is 5.75 Å². The second kappa shape index (κ2) is 9.32. The Morgan fingerprint density at radius 1 is 1.10 bits per heavy atom. The number of ether oxygens (including phenoxy) is 1. The number of fused-ring (bicyclic) bond motifs is 1. The summed E-state index contributed by atoms with van der Waals surface area (Å²) in [6.45, 7) is 2.62. The number of nitrogens with one attached hydrogen (secondary N) is 1. The maximum Gasteiger partial charge on any atom is 0.285 e. The SMILES string of the molecule is CCCOc1ccc2ccccc2c1C=C1SC(=S)N(NC(=O)c2ccccc2)C1=O. The summed E-state index contributed by atoms with van der Waals surface area (Å²) < 4.78 is 6.21. The number of carbonyl (C=O) groups excluding carboxylic acids is 2. The fraction of sp³-hybridized carbons (Fsp3) is 0.125. The third-order valence-electron chi connectivity index (χ3n) is 4.71. The molecular formula is C24H20N2O3S2. The zero-order chi connectivity index (χ0) is 21.8. The summed E-state index contributed by atoms with van der Waals surface area (Å²) in [5.41, 5.74) is 3.88. The molecule has 1 saturated heterocycles. The highest BCUT2D eigenvalue weighted by Gasteiger charge is 2.34. The summed E-state index contributed by atoms with van der Waals surface area (Å²) in [6, 6.07) is 20.6. The maximum absolute atomic E-state index is 13.0. The Morgan fingerprint density at radius 2 is 1.84 bits per heavy atom. The molecule has 1 aliphatic rings. The number of nitrogens with zero attached hydrogens (tertiary/aromatic N) is 1. The lowest BCUT2D eigenvalue weighted by Gasteiger charge is -2.15. The van der Waals surface area contributed by atoms with Gasteiger partial charge in [-0.3, -0.25) is 15.0 Å². The van der Waals surface area contributed by atoms with Crippen LogP contribution < -0.4 is 10.2 Å². The van der Waals surface area contributed by atoms with Gasteiger partial charge in [-0.1, -0.05) is 67.2 Å². The molecule has 3 aromatic rings. The topological polar surface area (TPSA) is 58.6 Å². The number of amides is 2. The molecule has 1 heterocycles. The predicted octanol–water partition coefficient (Wildman–Crippen LogP) is 5.17. The van der Waals surface area contributed by atoms with Gasteiger partial charge in [0.2, 0.25) is 0 Å². The van der Waals surface area contributed by atoms with Crippen LogP contribution in [0.3, 0.4) is 0 Å². The van der Waals surface area contributed by atoms with Crippen molar-refractivity contribution < 1.29 is 14.3 Å². The summed E-state index contributed by atoms with van der Waals surface area (Å²) in [5, 5.41) is 3.15. The Kier molecular flexibility index (Phi) is 6.34. The Labute approximate surface area is 190 Å². The highest BCUT2D eigenvalue weighted by molar-refractivity contribution is 8.26. The van der Waals surface area contributed by atoms with E-state index in [2.05, 4.69) is 5.43 Å². The minimum atomic E-state index is -0.393. The van der Waals surface area contributed by atoms with Crippen LogP contribution in [0, 0.1) is 0 Å². The molecule has 4 rings (SSSR count). The Hall–Kier alpha value is -3.16. The number of rotatable bonds is 6. The molecule has 2 amide bonds. The summed E-state index contributed by atoms with van der Waals surface area (Å²) >= 11 is 6.51. The molecule has 0 spiro atoms. The number of hydrogen-bond donors (Lipinski definition) is 1. The lowest BCUT2D eigenvalue weighted by molar-refractivity contribution is -0.123. The van der Waals surface area contributed by atoms with Gasteiger partial charge in [-0.2, -0.15) is 5.01 Å². The minimum Gasteiger partial charge on any atom is -0.493 e. The molecule has 1 fully saturated rings. The van der Waals surface area contributed by atoms with E-state index in [9.17, 15) is 9.59 Å². The fourth-order valence-corrected chi connectivity index (χ4v) is 4.37. The first-order chi connectivity index (χ1) is 15.1. The molecule has 0 aliphatic carbocycles. The first kappa shape index (κ1) is 21.1. The number of thioether (sulfide) groups is 1. The van der Waals surface area contributed by atoms with Crippen LogP contribution in [0.4, 0.5) is 0 Å². The van der Waals surface area contributed by atoms with Gasteiger partial charge in [0.1, 0.15) is 5.75 Å². The molecule has 0 unspecified atom stereocenters. The maximum atomic E-state index is 13.0. The lowest BCUT2D eigenvalue weighted by atomic mass is 10.0. The van der Waals surface area contributed by atoms with E-state index in [0.717, 1.165) is 39.5 Å². The number of thiocarbonyl (C=S) groups is 1. The van der Waals surface area contributed by atoms with Crippen LogP contribution in [0.1, 0.15) is 29.3 Å². The molecule has 156 valence electrons. The molecular weight excluding hydrogens is 428 g/mol. The van der Waals surface area contributed by atoms with E-state index < -0.39 is 5.91 Å². The van der Waals surface area contributed by atoms with Crippen molar-refractivity contribution in [3.63, 3.8) is 0 Å². The van der Waals surface area contributed by atoms with Gasteiger partial charge in [-0.25, -0.2) is 0 Å².